The molecule has 10 heteroatoms. The van der Waals surface area contributed by atoms with Crippen LogP contribution in [0.1, 0.15) is 35.9 Å². The lowest BCUT2D eigenvalue weighted by molar-refractivity contribution is -0.113. The van der Waals surface area contributed by atoms with Crippen molar-refractivity contribution in [2.24, 2.45) is 0 Å². The van der Waals surface area contributed by atoms with Crippen LogP contribution in [0.3, 0.4) is 0 Å². The van der Waals surface area contributed by atoms with E-state index in [0.29, 0.717) is 32.9 Å². The number of nitrogens with zero attached hydrogens (tertiary/aromatic N) is 3. The molecule has 3 aromatic rings. The average Bonchev–Trinajstić information content (AvgIpc) is 3.37. The molecular formula is C22H23ClN4O3S2. The van der Waals surface area contributed by atoms with Crippen molar-refractivity contribution in [2.75, 3.05) is 18.2 Å². The Morgan fingerprint density at radius 3 is 2.66 bits per heavy atom. The van der Waals surface area contributed by atoms with Crippen molar-refractivity contribution in [1.82, 2.24) is 14.8 Å². The predicted octanol–water partition coefficient (Wildman–Crippen LogP) is 5.49. The van der Waals surface area contributed by atoms with Gasteiger partial charge in [-0.2, -0.15) is 0 Å². The molecule has 1 amide bonds. The number of amides is 1. The second-order valence-corrected chi connectivity index (χ2v) is 9.34. The van der Waals surface area contributed by atoms with Gasteiger partial charge in [0.2, 0.25) is 5.91 Å². The van der Waals surface area contributed by atoms with Crippen LogP contribution in [0, 0.1) is 0 Å². The number of hydrogen-bond donors (Lipinski definition) is 1. The van der Waals surface area contributed by atoms with Crippen LogP contribution in [-0.4, -0.2) is 39.5 Å². The number of allylic oxidation sites excluding steroid dienone is 1. The van der Waals surface area contributed by atoms with Crippen LogP contribution in [0.5, 0.6) is 0 Å². The van der Waals surface area contributed by atoms with E-state index in [9.17, 15) is 9.59 Å². The Morgan fingerprint density at radius 2 is 2.03 bits per heavy atom. The zero-order valence-electron chi connectivity index (χ0n) is 17.9. The lowest BCUT2D eigenvalue weighted by Gasteiger charge is -2.10. The molecule has 0 fully saturated rings. The minimum atomic E-state index is -0.522. The topological polar surface area (TPSA) is 86.1 Å². The first-order chi connectivity index (χ1) is 15.3. The minimum absolute atomic E-state index is 0.113. The maximum Gasteiger partial charge on any atom is 0.341 e. The molecule has 0 saturated carbocycles. The Morgan fingerprint density at radius 1 is 1.31 bits per heavy atom. The van der Waals surface area contributed by atoms with Crippen molar-refractivity contribution in [3.05, 3.63) is 58.7 Å². The van der Waals surface area contributed by atoms with E-state index < -0.39 is 5.97 Å². The summed E-state index contributed by atoms with van der Waals surface area (Å²) in [4.78, 5) is 25.1. The fourth-order valence-corrected chi connectivity index (χ4v) is 4.88. The number of anilines is 1. The fourth-order valence-electron chi connectivity index (χ4n) is 3.02. The van der Waals surface area contributed by atoms with Crippen molar-refractivity contribution in [1.29, 1.82) is 0 Å². The monoisotopic (exact) mass is 490 g/mol. The molecule has 0 bridgehead atoms. The molecule has 168 valence electrons. The van der Waals surface area contributed by atoms with Gasteiger partial charge < -0.3 is 14.6 Å². The van der Waals surface area contributed by atoms with Gasteiger partial charge in [0.15, 0.2) is 5.16 Å². The molecular weight excluding hydrogens is 468 g/mol. The van der Waals surface area contributed by atoms with E-state index in [0.717, 1.165) is 11.4 Å². The third-order valence-electron chi connectivity index (χ3n) is 4.49. The first-order valence-corrected chi connectivity index (χ1v) is 12.0. The van der Waals surface area contributed by atoms with E-state index in [1.807, 2.05) is 35.9 Å². The number of benzene rings is 1. The number of nitrogens with one attached hydrogen (secondary N) is 1. The van der Waals surface area contributed by atoms with Gasteiger partial charge >= 0.3 is 5.97 Å². The number of esters is 1. The molecule has 3 rings (SSSR count). The number of hydrogen-bond acceptors (Lipinski definition) is 7. The maximum atomic E-state index is 12.7. The maximum absolute atomic E-state index is 12.7. The first kappa shape index (κ1) is 24.0. The molecule has 32 heavy (non-hydrogen) atoms. The number of aromatic nitrogens is 3. The van der Waals surface area contributed by atoms with Gasteiger partial charge in [0.05, 0.1) is 12.9 Å². The third kappa shape index (κ3) is 5.40. The number of carbonyl (C=O) groups excluding carboxylic acids is 2. The number of halogens is 1. The Hall–Kier alpha value is -2.62. The summed E-state index contributed by atoms with van der Waals surface area (Å²) in [5.74, 6) is 0.370. The van der Waals surface area contributed by atoms with Gasteiger partial charge in [0, 0.05) is 28.4 Å². The van der Waals surface area contributed by atoms with Crippen LogP contribution >= 0.6 is 34.7 Å². The summed E-state index contributed by atoms with van der Waals surface area (Å²) in [6.07, 6.45) is 1.77. The van der Waals surface area contributed by atoms with Crippen LogP contribution < -0.4 is 5.32 Å². The Bertz CT molecular complexity index is 1120. The van der Waals surface area contributed by atoms with Crippen molar-refractivity contribution in [3.63, 3.8) is 0 Å². The summed E-state index contributed by atoms with van der Waals surface area (Å²) < 4.78 is 6.90. The quantitative estimate of drug-likeness (QED) is 0.242. The predicted molar refractivity (Wildman–Crippen MR) is 130 cm³/mol. The van der Waals surface area contributed by atoms with Crippen LogP contribution in [0.4, 0.5) is 5.00 Å². The summed E-state index contributed by atoms with van der Waals surface area (Å²) in [5.41, 5.74) is 1.79. The van der Waals surface area contributed by atoms with Crippen LogP contribution in [-0.2, 0) is 16.1 Å². The second kappa shape index (κ2) is 10.8. The molecule has 1 aromatic carbocycles. The number of ether oxygens (including phenoxy) is 1. The molecule has 0 radical (unpaired) electrons. The molecule has 0 saturated heterocycles. The van der Waals surface area contributed by atoms with E-state index in [4.69, 9.17) is 16.3 Å². The van der Waals surface area contributed by atoms with E-state index in [-0.39, 0.29) is 17.6 Å². The Balaban J connectivity index is 1.78. The Kier molecular flexibility index (Phi) is 8.11. The molecule has 1 N–H and O–H groups in total. The standard InChI is InChI=1S/C22H23ClN4O3S2/c1-5-10-27-19(13(2)3)25-26-22(27)32-12-17(28)24-20-18(21(29)30-4)16(11-31-20)14-6-8-15(23)9-7-14/h5-9,11,13H,1,10,12H2,2-4H3,(H,24,28). The van der Waals surface area contributed by atoms with Crippen LogP contribution in [0.2, 0.25) is 5.02 Å². The molecule has 0 atom stereocenters. The highest BCUT2D eigenvalue weighted by atomic mass is 35.5. The summed E-state index contributed by atoms with van der Waals surface area (Å²) in [6.45, 7) is 8.41. The average molecular weight is 491 g/mol. The SMILES string of the molecule is C=CCn1c(SCC(=O)Nc2scc(-c3ccc(Cl)cc3)c2C(=O)OC)nnc1C(C)C. The first-order valence-electron chi connectivity index (χ1n) is 9.78. The number of thioether (sulfide) groups is 1. The van der Waals surface area contributed by atoms with Crippen LogP contribution in [0.15, 0.2) is 47.5 Å². The zero-order chi connectivity index (χ0) is 23.3. The van der Waals surface area contributed by atoms with Crippen LogP contribution in [0.25, 0.3) is 11.1 Å². The third-order valence-corrected chi connectivity index (χ3v) is 6.61. The highest BCUT2D eigenvalue weighted by Crippen LogP contribution is 2.36. The molecule has 7 nitrogen and oxygen atoms in total. The van der Waals surface area contributed by atoms with Gasteiger partial charge in [-0.3, -0.25) is 4.79 Å². The van der Waals surface area contributed by atoms with E-state index in [2.05, 4.69) is 22.1 Å². The summed E-state index contributed by atoms with van der Waals surface area (Å²) in [6, 6.07) is 7.12. The van der Waals surface area contributed by atoms with Crippen molar-refractivity contribution >= 4 is 51.6 Å². The largest absolute Gasteiger partial charge is 0.465 e. The molecule has 0 aliphatic carbocycles. The summed E-state index contributed by atoms with van der Waals surface area (Å²) >= 11 is 8.52. The molecule has 0 spiro atoms. The highest BCUT2D eigenvalue weighted by molar-refractivity contribution is 7.99. The van der Waals surface area contributed by atoms with E-state index in [1.54, 1.807) is 18.2 Å². The fraction of sp³-hybridized carbons (Fsp3) is 0.273. The van der Waals surface area contributed by atoms with Gasteiger partial charge in [0.25, 0.3) is 0 Å². The van der Waals surface area contributed by atoms with Gasteiger partial charge in [-0.1, -0.05) is 55.4 Å². The van der Waals surface area contributed by atoms with Gasteiger partial charge in [-0.15, -0.1) is 28.1 Å². The van der Waals surface area contributed by atoms with Gasteiger partial charge in [-0.05, 0) is 17.7 Å². The van der Waals surface area contributed by atoms with E-state index in [1.165, 1.54) is 30.2 Å². The number of rotatable bonds is 9. The molecule has 2 heterocycles. The lowest BCUT2D eigenvalue weighted by Crippen LogP contribution is -2.16. The summed E-state index contributed by atoms with van der Waals surface area (Å²) in [7, 11) is 1.31. The highest BCUT2D eigenvalue weighted by Gasteiger charge is 2.23. The lowest BCUT2D eigenvalue weighted by atomic mass is 10.0. The van der Waals surface area contributed by atoms with Crippen molar-refractivity contribution < 1.29 is 14.3 Å². The second-order valence-electron chi connectivity index (χ2n) is 7.08. The smallest absolute Gasteiger partial charge is 0.341 e. The normalized spacial score (nSPS) is 10.9. The van der Waals surface area contributed by atoms with Crippen molar-refractivity contribution in [3.8, 4) is 11.1 Å². The zero-order valence-corrected chi connectivity index (χ0v) is 20.3. The molecule has 2 aromatic heterocycles. The molecule has 0 unspecified atom stereocenters. The number of carbonyl (C=O) groups is 2. The minimum Gasteiger partial charge on any atom is -0.465 e. The summed E-state index contributed by atoms with van der Waals surface area (Å²) in [5, 5.41) is 14.8. The number of thiophene rings is 1. The molecule has 0 aliphatic heterocycles. The van der Waals surface area contributed by atoms with Gasteiger partial charge in [-0.25, -0.2) is 4.79 Å². The molecule has 0 aliphatic rings. The Labute approximate surface area is 199 Å². The van der Waals surface area contributed by atoms with Gasteiger partial charge in [0.1, 0.15) is 16.4 Å². The van der Waals surface area contributed by atoms with Crippen molar-refractivity contribution in [2.45, 2.75) is 31.5 Å². The van der Waals surface area contributed by atoms with E-state index >= 15 is 0 Å². The number of methoxy groups -OCH3 is 1.